The van der Waals surface area contributed by atoms with Crippen LogP contribution in [0.4, 0.5) is 11.4 Å². The van der Waals surface area contributed by atoms with E-state index in [1.54, 1.807) is 0 Å². The second kappa shape index (κ2) is 9.49. The summed E-state index contributed by atoms with van der Waals surface area (Å²) in [6.07, 6.45) is 0. The minimum atomic E-state index is -0.144. The van der Waals surface area contributed by atoms with Crippen molar-refractivity contribution in [2.45, 2.75) is 11.8 Å². The third kappa shape index (κ3) is 5.32. The summed E-state index contributed by atoms with van der Waals surface area (Å²) in [7, 11) is 0. The van der Waals surface area contributed by atoms with E-state index in [1.807, 2.05) is 97.9 Å². The molecule has 4 aromatic carbocycles. The molecular weight excluding hydrogens is 404 g/mol. The predicted molar refractivity (Wildman–Crippen MR) is 129 cm³/mol. The summed E-state index contributed by atoms with van der Waals surface area (Å²) in [6, 6.07) is 28.8. The normalized spacial score (nSPS) is 10.6. The maximum absolute atomic E-state index is 12.4. The van der Waals surface area contributed by atoms with Crippen molar-refractivity contribution in [3.63, 3.8) is 0 Å². The fraction of sp³-hybridized carbons (Fsp3) is 0.0769. The number of fused-ring (bicyclic) bond motifs is 1. The highest BCUT2D eigenvalue weighted by atomic mass is 32.2. The first-order valence-electron chi connectivity index (χ1n) is 9.97. The van der Waals surface area contributed by atoms with E-state index in [0.717, 1.165) is 32.6 Å². The van der Waals surface area contributed by atoms with Crippen LogP contribution in [-0.4, -0.2) is 17.6 Å². The lowest BCUT2D eigenvalue weighted by Gasteiger charge is -2.09. The molecule has 0 fully saturated rings. The molecule has 4 rings (SSSR count). The van der Waals surface area contributed by atoms with Crippen molar-refractivity contribution >= 4 is 45.7 Å². The lowest BCUT2D eigenvalue weighted by molar-refractivity contribution is -0.113. The largest absolute Gasteiger partial charge is 0.325 e. The van der Waals surface area contributed by atoms with Gasteiger partial charge in [0.25, 0.3) is 5.91 Å². The average molecular weight is 427 g/mol. The van der Waals surface area contributed by atoms with Crippen LogP contribution in [0.2, 0.25) is 0 Å². The SMILES string of the molecule is Cc1ccc(C(=O)Nc2ccc(SCC(=O)Nc3cccc4ccccc34)cc2)cc1. The van der Waals surface area contributed by atoms with Crippen LogP contribution >= 0.6 is 11.8 Å². The molecule has 0 atom stereocenters. The van der Waals surface area contributed by atoms with Crippen molar-refractivity contribution < 1.29 is 9.59 Å². The molecule has 5 heteroatoms. The van der Waals surface area contributed by atoms with E-state index in [9.17, 15) is 9.59 Å². The molecule has 0 saturated carbocycles. The van der Waals surface area contributed by atoms with Crippen molar-refractivity contribution in [2.24, 2.45) is 0 Å². The number of aryl methyl sites for hydroxylation is 1. The molecule has 154 valence electrons. The van der Waals surface area contributed by atoms with Crippen molar-refractivity contribution in [1.82, 2.24) is 0 Å². The van der Waals surface area contributed by atoms with E-state index in [-0.39, 0.29) is 11.8 Å². The van der Waals surface area contributed by atoms with Gasteiger partial charge in [-0.1, -0.05) is 54.1 Å². The van der Waals surface area contributed by atoms with Crippen molar-refractivity contribution in [3.8, 4) is 0 Å². The predicted octanol–water partition coefficient (Wildman–Crippen LogP) is 6.13. The Hall–Kier alpha value is -3.57. The van der Waals surface area contributed by atoms with E-state index in [4.69, 9.17) is 0 Å². The summed E-state index contributed by atoms with van der Waals surface area (Å²) in [5.41, 5.74) is 3.27. The van der Waals surface area contributed by atoms with Gasteiger partial charge in [0.05, 0.1) is 5.75 Å². The van der Waals surface area contributed by atoms with Crippen LogP contribution in [0.1, 0.15) is 15.9 Å². The summed E-state index contributed by atoms with van der Waals surface area (Å²) >= 11 is 1.45. The molecular formula is C26H22N2O2S. The number of hydrogen-bond acceptors (Lipinski definition) is 3. The highest BCUT2D eigenvalue weighted by Crippen LogP contribution is 2.24. The van der Waals surface area contributed by atoms with Gasteiger partial charge in [-0.3, -0.25) is 9.59 Å². The number of benzene rings is 4. The maximum atomic E-state index is 12.4. The van der Waals surface area contributed by atoms with Gasteiger partial charge >= 0.3 is 0 Å². The van der Waals surface area contributed by atoms with Gasteiger partial charge in [-0.25, -0.2) is 0 Å². The molecule has 2 amide bonds. The Kier molecular flexibility index (Phi) is 6.34. The average Bonchev–Trinajstić information content (AvgIpc) is 2.79. The Bertz CT molecular complexity index is 1210. The van der Waals surface area contributed by atoms with Crippen LogP contribution in [0.25, 0.3) is 10.8 Å². The Morgan fingerprint density at radius 1 is 0.774 bits per heavy atom. The number of thioether (sulfide) groups is 1. The molecule has 0 aliphatic rings. The quantitative estimate of drug-likeness (QED) is 0.365. The van der Waals surface area contributed by atoms with Gasteiger partial charge in [0.1, 0.15) is 0 Å². The van der Waals surface area contributed by atoms with Gasteiger partial charge in [-0.2, -0.15) is 0 Å². The minimum Gasteiger partial charge on any atom is -0.325 e. The number of amides is 2. The molecule has 31 heavy (non-hydrogen) atoms. The van der Waals surface area contributed by atoms with Crippen molar-refractivity contribution in [1.29, 1.82) is 0 Å². The number of hydrogen-bond donors (Lipinski definition) is 2. The minimum absolute atomic E-state index is 0.0573. The highest BCUT2D eigenvalue weighted by Gasteiger charge is 2.08. The first-order valence-corrected chi connectivity index (χ1v) is 11.0. The Morgan fingerprint density at radius 2 is 1.48 bits per heavy atom. The third-order valence-corrected chi connectivity index (χ3v) is 5.87. The molecule has 0 aliphatic heterocycles. The lowest BCUT2D eigenvalue weighted by atomic mass is 10.1. The van der Waals surface area contributed by atoms with Gasteiger partial charge in [0.15, 0.2) is 0 Å². The number of carbonyl (C=O) groups excluding carboxylic acids is 2. The second-order valence-electron chi connectivity index (χ2n) is 7.21. The zero-order valence-corrected chi connectivity index (χ0v) is 17.9. The summed E-state index contributed by atoms with van der Waals surface area (Å²) in [5, 5.41) is 8.01. The van der Waals surface area contributed by atoms with Gasteiger partial charge in [-0.15, -0.1) is 11.8 Å². The monoisotopic (exact) mass is 426 g/mol. The standard InChI is InChI=1S/C26H22N2O2S/c1-18-9-11-20(12-10-18)26(30)27-21-13-15-22(16-14-21)31-17-25(29)28-24-8-4-6-19-5-2-3-7-23(19)24/h2-16H,17H2,1H3,(H,27,30)(H,28,29). The zero-order valence-electron chi connectivity index (χ0n) is 17.1. The van der Waals surface area contributed by atoms with Gasteiger partial charge < -0.3 is 10.6 Å². The Morgan fingerprint density at radius 3 is 2.26 bits per heavy atom. The number of carbonyl (C=O) groups is 2. The van der Waals surface area contributed by atoms with Gasteiger partial charge in [0, 0.05) is 27.2 Å². The van der Waals surface area contributed by atoms with E-state index < -0.39 is 0 Å². The van der Waals surface area contributed by atoms with Crippen LogP contribution in [0, 0.1) is 6.92 Å². The molecule has 0 aliphatic carbocycles. The number of nitrogens with one attached hydrogen (secondary N) is 2. The zero-order chi connectivity index (χ0) is 21.6. The van der Waals surface area contributed by atoms with Crippen molar-refractivity contribution in [2.75, 3.05) is 16.4 Å². The topological polar surface area (TPSA) is 58.2 Å². The molecule has 2 N–H and O–H groups in total. The molecule has 0 spiro atoms. The smallest absolute Gasteiger partial charge is 0.255 e. The maximum Gasteiger partial charge on any atom is 0.255 e. The Labute approximate surface area is 185 Å². The number of anilines is 2. The van der Waals surface area contributed by atoms with Crippen molar-refractivity contribution in [3.05, 3.63) is 102 Å². The first kappa shape index (κ1) is 20.7. The van der Waals surface area contributed by atoms with Crippen LogP contribution < -0.4 is 10.6 Å². The first-order chi connectivity index (χ1) is 15.1. The summed E-state index contributed by atoms with van der Waals surface area (Å²) < 4.78 is 0. The van der Waals surface area contributed by atoms with E-state index in [1.165, 1.54) is 11.8 Å². The Balaban J connectivity index is 1.32. The highest BCUT2D eigenvalue weighted by molar-refractivity contribution is 8.00. The molecule has 0 saturated heterocycles. The van der Waals surface area contributed by atoms with E-state index in [2.05, 4.69) is 10.6 Å². The third-order valence-electron chi connectivity index (χ3n) is 4.86. The summed E-state index contributed by atoms with van der Waals surface area (Å²) in [5.74, 6) is 0.103. The van der Waals surface area contributed by atoms with E-state index >= 15 is 0 Å². The molecule has 0 heterocycles. The van der Waals surface area contributed by atoms with E-state index in [0.29, 0.717) is 11.3 Å². The second-order valence-corrected chi connectivity index (χ2v) is 8.26. The van der Waals surface area contributed by atoms with Crippen LogP contribution in [0.3, 0.4) is 0 Å². The van der Waals surface area contributed by atoms with Crippen LogP contribution in [0.15, 0.2) is 95.9 Å². The van der Waals surface area contributed by atoms with Gasteiger partial charge in [0.2, 0.25) is 5.91 Å². The fourth-order valence-electron chi connectivity index (χ4n) is 3.21. The molecule has 0 aromatic heterocycles. The molecule has 4 nitrogen and oxygen atoms in total. The summed E-state index contributed by atoms with van der Waals surface area (Å²) in [4.78, 5) is 25.7. The van der Waals surface area contributed by atoms with Crippen LogP contribution in [-0.2, 0) is 4.79 Å². The lowest BCUT2D eigenvalue weighted by Crippen LogP contribution is -2.14. The number of rotatable bonds is 6. The molecule has 0 unspecified atom stereocenters. The van der Waals surface area contributed by atoms with Crippen LogP contribution in [0.5, 0.6) is 0 Å². The fourth-order valence-corrected chi connectivity index (χ4v) is 3.91. The molecule has 0 radical (unpaired) electrons. The molecule has 0 bridgehead atoms. The summed E-state index contributed by atoms with van der Waals surface area (Å²) in [6.45, 7) is 1.99. The van der Waals surface area contributed by atoms with Gasteiger partial charge in [-0.05, 0) is 54.8 Å². The molecule has 4 aromatic rings.